The van der Waals surface area contributed by atoms with Crippen LogP contribution in [0.1, 0.15) is 11.5 Å². The van der Waals surface area contributed by atoms with Gasteiger partial charge in [-0.05, 0) is 18.2 Å². The van der Waals surface area contributed by atoms with Gasteiger partial charge in [-0.15, -0.1) is 0 Å². The minimum absolute atomic E-state index is 0.233. The molecule has 3 rings (SSSR count). The molecule has 2 N–H and O–H groups in total. The predicted octanol–water partition coefficient (Wildman–Crippen LogP) is 2.36. The molecule has 0 radical (unpaired) electrons. The topological polar surface area (TPSA) is 74.9 Å². The molecule has 2 heterocycles. The molecule has 0 aliphatic carbocycles. The maximum atomic E-state index is 9.67. The van der Waals surface area contributed by atoms with Gasteiger partial charge in [-0.1, -0.05) is 23.4 Å². The van der Waals surface area contributed by atoms with Crippen LogP contribution in [-0.2, 0) is 6.42 Å². The highest BCUT2D eigenvalue weighted by atomic mass is 16.5. The standard InChI is InChI=1S/C13H11N3O2/c17-11-6-2-1-4-9(11)8-12-15-13(16-18-12)10-5-3-7-14-10/h1-7,14,17H,8H2. The number of para-hydroxylation sites is 1. The zero-order valence-electron chi connectivity index (χ0n) is 9.50. The smallest absolute Gasteiger partial charge is 0.231 e. The number of hydrogen-bond donors (Lipinski definition) is 2. The number of nitrogens with one attached hydrogen (secondary N) is 1. The Morgan fingerprint density at radius 2 is 2.06 bits per heavy atom. The third-order valence-electron chi connectivity index (χ3n) is 2.64. The van der Waals surface area contributed by atoms with Crippen molar-refractivity contribution in [2.24, 2.45) is 0 Å². The van der Waals surface area contributed by atoms with Crippen molar-refractivity contribution < 1.29 is 9.63 Å². The van der Waals surface area contributed by atoms with Gasteiger partial charge in [0.15, 0.2) is 0 Å². The molecule has 0 bridgehead atoms. The first-order valence-corrected chi connectivity index (χ1v) is 5.56. The maximum Gasteiger partial charge on any atom is 0.231 e. The average Bonchev–Trinajstić information content (AvgIpc) is 3.02. The molecule has 5 nitrogen and oxygen atoms in total. The van der Waals surface area contributed by atoms with Crippen LogP contribution in [-0.4, -0.2) is 20.2 Å². The van der Waals surface area contributed by atoms with Gasteiger partial charge in [-0.3, -0.25) is 0 Å². The summed E-state index contributed by atoms with van der Waals surface area (Å²) in [4.78, 5) is 7.28. The first-order chi connectivity index (χ1) is 8.83. The number of rotatable bonds is 3. The monoisotopic (exact) mass is 241 g/mol. The van der Waals surface area contributed by atoms with Gasteiger partial charge >= 0.3 is 0 Å². The molecule has 18 heavy (non-hydrogen) atoms. The fraction of sp³-hybridized carbons (Fsp3) is 0.0769. The van der Waals surface area contributed by atoms with Crippen molar-refractivity contribution in [2.45, 2.75) is 6.42 Å². The molecule has 0 atom stereocenters. The number of H-pyrrole nitrogens is 1. The van der Waals surface area contributed by atoms with E-state index in [9.17, 15) is 5.11 Å². The first-order valence-electron chi connectivity index (χ1n) is 5.56. The number of hydrogen-bond acceptors (Lipinski definition) is 4. The van der Waals surface area contributed by atoms with E-state index in [1.807, 2.05) is 24.3 Å². The van der Waals surface area contributed by atoms with Crippen molar-refractivity contribution in [1.82, 2.24) is 15.1 Å². The van der Waals surface area contributed by atoms with Gasteiger partial charge in [0.1, 0.15) is 5.75 Å². The average molecular weight is 241 g/mol. The zero-order valence-corrected chi connectivity index (χ0v) is 9.50. The quantitative estimate of drug-likeness (QED) is 0.738. The van der Waals surface area contributed by atoms with E-state index in [1.165, 1.54) is 0 Å². The van der Waals surface area contributed by atoms with Crippen molar-refractivity contribution >= 4 is 0 Å². The van der Waals surface area contributed by atoms with Crippen molar-refractivity contribution in [3.8, 4) is 17.3 Å². The summed E-state index contributed by atoms with van der Waals surface area (Å²) in [5.74, 6) is 1.23. The number of aromatic hydroxyl groups is 1. The molecule has 2 aromatic heterocycles. The van der Waals surface area contributed by atoms with Crippen LogP contribution >= 0.6 is 0 Å². The van der Waals surface area contributed by atoms with Gasteiger partial charge < -0.3 is 14.6 Å². The van der Waals surface area contributed by atoms with Crippen molar-refractivity contribution in [2.75, 3.05) is 0 Å². The number of benzene rings is 1. The molecule has 1 aromatic carbocycles. The molecule has 0 fully saturated rings. The second-order valence-corrected chi connectivity index (χ2v) is 3.90. The Hall–Kier alpha value is -2.56. The van der Waals surface area contributed by atoms with E-state index in [2.05, 4.69) is 15.1 Å². The Labute approximate surface area is 103 Å². The van der Waals surface area contributed by atoms with Crippen LogP contribution in [0.5, 0.6) is 5.75 Å². The Balaban J connectivity index is 1.85. The van der Waals surface area contributed by atoms with E-state index in [0.717, 1.165) is 11.3 Å². The van der Waals surface area contributed by atoms with E-state index in [0.29, 0.717) is 18.1 Å². The SMILES string of the molecule is Oc1ccccc1Cc1nc(-c2ccc[nH]2)no1. The molecule has 0 saturated heterocycles. The molecule has 0 spiro atoms. The molecule has 90 valence electrons. The van der Waals surface area contributed by atoms with Crippen molar-refractivity contribution in [3.05, 3.63) is 54.0 Å². The lowest BCUT2D eigenvalue weighted by atomic mass is 10.1. The first kappa shape index (κ1) is 10.6. The zero-order chi connectivity index (χ0) is 12.4. The second-order valence-electron chi connectivity index (χ2n) is 3.90. The third kappa shape index (κ3) is 1.98. The Morgan fingerprint density at radius 3 is 2.83 bits per heavy atom. The highest BCUT2D eigenvalue weighted by molar-refractivity contribution is 5.48. The molecular weight excluding hydrogens is 230 g/mol. The van der Waals surface area contributed by atoms with E-state index < -0.39 is 0 Å². The van der Waals surface area contributed by atoms with Crippen molar-refractivity contribution in [3.63, 3.8) is 0 Å². The fourth-order valence-corrected chi connectivity index (χ4v) is 1.73. The molecule has 0 amide bonds. The summed E-state index contributed by atoms with van der Waals surface area (Å²) in [6, 6.07) is 10.8. The van der Waals surface area contributed by atoms with Crippen LogP contribution in [0.3, 0.4) is 0 Å². The third-order valence-corrected chi connectivity index (χ3v) is 2.64. The lowest BCUT2D eigenvalue weighted by Gasteiger charge is -1.99. The summed E-state index contributed by atoms with van der Waals surface area (Å²) in [6.45, 7) is 0. The Morgan fingerprint density at radius 1 is 1.17 bits per heavy atom. The summed E-state index contributed by atoms with van der Waals surface area (Å²) in [6.07, 6.45) is 2.22. The molecule has 3 aromatic rings. The van der Waals surface area contributed by atoms with Crippen LogP contribution in [0.15, 0.2) is 47.1 Å². The molecule has 0 aliphatic heterocycles. The predicted molar refractivity (Wildman–Crippen MR) is 65.0 cm³/mol. The van der Waals surface area contributed by atoms with E-state index in [4.69, 9.17) is 4.52 Å². The lowest BCUT2D eigenvalue weighted by Crippen LogP contribution is -1.89. The summed E-state index contributed by atoms with van der Waals surface area (Å²) in [5.41, 5.74) is 1.57. The summed E-state index contributed by atoms with van der Waals surface area (Å²) < 4.78 is 5.16. The highest BCUT2D eigenvalue weighted by Crippen LogP contribution is 2.20. The van der Waals surface area contributed by atoms with Gasteiger partial charge in [-0.25, -0.2) is 0 Å². The van der Waals surface area contributed by atoms with E-state index in [-0.39, 0.29) is 5.75 Å². The van der Waals surface area contributed by atoms with Crippen LogP contribution < -0.4 is 0 Å². The largest absolute Gasteiger partial charge is 0.508 e. The number of nitrogens with zero attached hydrogens (tertiary/aromatic N) is 2. The normalized spacial score (nSPS) is 10.7. The Bertz CT molecular complexity index is 644. The van der Waals surface area contributed by atoms with Crippen LogP contribution in [0.2, 0.25) is 0 Å². The van der Waals surface area contributed by atoms with Gasteiger partial charge in [-0.2, -0.15) is 4.98 Å². The molecule has 5 heteroatoms. The summed E-state index contributed by atoms with van der Waals surface area (Å²) in [7, 11) is 0. The number of aromatic nitrogens is 3. The summed E-state index contributed by atoms with van der Waals surface area (Å²) >= 11 is 0. The Kier molecular flexibility index (Phi) is 2.57. The van der Waals surface area contributed by atoms with Gasteiger partial charge in [0, 0.05) is 11.8 Å². The lowest BCUT2D eigenvalue weighted by molar-refractivity contribution is 0.383. The molecule has 0 aliphatic rings. The second kappa shape index (κ2) is 4.37. The fourth-order valence-electron chi connectivity index (χ4n) is 1.73. The van der Waals surface area contributed by atoms with Crippen LogP contribution in [0.25, 0.3) is 11.5 Å². The molecular formula is C13H11N3O2. The molecule has 0 saturated carbocycles. The van der Waals surface area contributed by atoms with Gasteiger partial charge in [0.2, 0.25) is 11.7 Å². The summed E-state index contributed by atoms with van der Waals surface area (Å²) in [5, 5.41) is 13.6. The van der Waals surface area contributed by atoms with E-state index in [1.54, 1.807) is 18.3 Å². The minimum Gasteiger partial charge on any atom is -0.508 e. The number of phenolic OH excluding ortho intramolecular Hbond substituents is 1. The van der Waals surface area contributed by atoms with E-state index >= 15 is 0 Å². The van der Waals surface area contributed by atoms with Gasteiger partial charge in [0.25, 0.3) is 0 Å². The molecule has 0 unspecified atom stereocenters. The minimum atomic E-state index is 0.233. The number of aromatic amines is 1. The van der Waals surface area contributed by atoms with Gasteiger partial charge in [0.05, 0.1) is 12.1 Å². The van der Waals surface area contributed by atoms with Crippen molar-refractivity contribution in [1.29, 1.82) is 0 Å². The number of phenols is 1. The van der Waals surface area contributed by atoms with Crippen LogP contribution in [0.4, 0.5) is 0 Å². The van der Waals surface area contributed by atoms with Crippen LogP contribution in [0, 0.1) is 0 Å². The highest BCUT2D eigenvalue weighted by Gasteiger charge is 2.11. The maximum absolute atomic E-state index is 9.67.